The van der Waals surface area contributed by atoms with E-state index >= 15 is 0 Å². The summed E-state index contributed by atoms with van der Waals surface area (Å²) in [5, 5.41) is 11.8. The topological polar surface area (TPSA) is 89.8 Å². The number of rotatable bonds is 4. The number of anilines is 1. The molecule has 26 heavy (non-hydrogen) atoms. The number of hydrogen-bond donors (Lipinski definition) is 0. The van der Waals surface area contributed by atoms with Gasteiger partial charge in [0.25, 0.3) is 5.69 Å². The summed E-state index contributed by atoms with van der Waals surface area (Å²) in [6.45, 7) is 1.52. The van der Waals surface area contributed by atoms with E-state index in [2.05, 4.69) is 0 Å². The second kappa shape index (κ2) is 7.22. The third kappa shape index (κ3) is 3.98. The zero-order valence-electron chi connectivity index (χ0n) is 14.0. The van der Waals surface area contributed by atoms with E-state index in [0.29, 0.717) is 30.4 Å². The highest BCUT2D eigenvalue weighted by molar-refractivity contribution is 7.90. The summed E-state index contributed by atoms with van der Waals surface area (Å²) in [5.41, 5.74) is 1.15. The van der Waals surface area contributed by atoms with Crippen LogP contribution < -0.4 is 4.90 Å². The van der Waals surface area contributed by atoms with Crippen LogP contribution in [-0.4, -0.2) is 39.3 Å². The Morgan fingerprint density at radius 1 is 1.23 bits per heavy atom. The second-order valence-corrected chi connectivity index (χ2v) is 8.46. The minimum absolute atomic E-state index is 0.196. The molecule has 0 saturated carbocycles. The fourth-order valence-electron chi connectivity index (χ4n) is 2.91. The molecule has 1 aliphatic heterocycles. The van der Waals surface area contributed by atoms with E-state index in [1.165, 1.54) is 12.1 Å². The van der Waals surface area contributed by atoms with E-state index in [0.717, 1.165) is 11.8 Å². The van der Waals surface area contributed by atoms with Crippen LogP contribution in [0.3, 0.4) is 0 Å². The van der Waals surface area contributed by atoms with E-state index < -0.39 is 20.4 Å². The van der Waals surface area contributed by atoms with Gasteiger partial charge < -0.3 is 9.64 Å². The first-order chi connectivity index (χ1) is 12.3. The van der Waals surface area contributed by atoms with Gasteiger partial charge in [-0.25, -0.2) is 8.42 Å². The summed E-state index contributed by atoms with van der Waals surface area (Å²) in [5.74, 6) is 0. The van der Waals surface area contributed by atoms with Crippen LogP contribution in [-0.2, 0) is 14.6 Å². The van der Waals surface area contributed by atoms with Crippen molar-refractivity contribution in [2.24, 2.45) is 0 Å². The summed E-state index contributed by atoms with van der Waals surface area (Å²) in [6, 6.07) is 11.5. The molecule has 0 N–H and O–H groups in total. The molecule has 1 heterocycles. The largest absolute Gasteiger partial charge is 0.370 e. The van der Waals surface area contributed by atoms with Gasteiger partial charge in [-0.15, -0.1) is 0 Å². The van der Waals surface area contributed by atoms with Crippen LogP contribution in [0.5, 0.6) is 0 Å². The zero-order valence-corrected chi connectivity index (χ0v) is 15.5. The van der Waals surface area contributed by atoms with E-state index in [1.54, 1.807) is 18.2 Å². The molecule has 0 spiro atoms. The Balaban J connectivity index is 1.91. The maximum absolute atomic E-state index is 12.0. The van der Waals surface area contributed by atoms with Crippen LogP contribution in [0.15, 0.2) is 47.4 Å². The molecule has 0 aliphatic carbocycles. The molecule has 0 amide bonds. The molecule has 1 fully saturated rings. The lowest BCUT2D eigenvalue weighted by molar-refractivity contribution is -0.387. The van der Waals surface area contributed by atoms with Crippen LogP contribution in [0.2, 0.25) is 5.02 Å². The van der Waals surface area contributed by atoms with E-state index in [1.807, 2.05) is 17.0 Å². The van der Waals surface area contributed by atoms with Crippen LogP contribution >= 0.6 is 11.6 Å². The average Bonchev–Trinajstić information content (AvgIpc) is 2.61. The molecule has 3 rings (SSSR count). The molecule has 1 unspecified atom stereocenters. The Morgan fingerprint density at radius 3 is 2.54 bits per heavy atom. The second-order valence-electron chi connectivity index (χ2n) is 6.04. The maximum Gasteiger partial charge on any atom is 0.288 e. The molecule has 1 aliphatic rings. The molecule has 0 radical (unpaired) electrons. The molecule has 2 aromatic carbocycles. The number of ether oxygens (including phenoxy) is 1. The first kappa shape index (κ1) is 18.6. The number of morpholine rings is 1. The lowest BCUT2D eigenvalue weighted by Crippen LogP contribution is -2.38. The van der Waals surface area contributed by atoms with Crippen molar-refractivity contribution in [2.45, 2.75) is 11.0 Å². The predicted molar refractivity (Wildman–Crippen MR) is 98.6 cm³/mol. The first-order valence-corrected chi connectivity index (χ1v) is 10.1. The molecule has 2 aromatic rings. The van der Waals surface area contributed by atoms with Gasteiger partial charge in [0.1, 0.15) is 11.0 Å². The average molecular weight is 397 g/mol. The normalized spacial score (nSPS) is 17.9. The number of nitrogens with zero attached hydrogens (tertiary/aromatic N) is 2. The summed E-state index contributed by atoms with van der Waals surface area (Å²) < 4.78 is 29.7. The van der Waals surface area contributed by atoms with Crippen molar-refractivity contribution in [2.75, 3.05) is 30.9 Å². The molecule has 9 heteroatoms. The smallest absolute Gasteiger partial charge is 0.288 e. The predicted octanol–water partition coefficient (Wildman–Crippen LogP) is 3.23. The molecule has 0 bridgehead atoms. The molecular formula is C17H17ClN2O5S. The zero-order chi connectivity index (χ0) is 18.9. The Morgan fingerprint density at radius 2 is 1.92 bits per heavy atom. The van der Waals surface area contributed by atoms with Crippen molar-refractivity contribution in [3.8, 4) is 0 Å². The monoisotopic (exact) mass is 396 g/mol. The van der Waals surface area contributed by atoms with Crippen molar-refractivity contribution < 1.29 is 18.1 Å². The van der Waals surface area contributed by atoms with Gasteiger partial charge in [0.2, 0.25) is 0 Å². The van der Waals surface area contributed by atoms with Gasteiger partial charge in [-0.3, -0.25) is 10.1 Å². The fraction of sp³-hybridized carbons (Fsp3) is 0.294. The minimum Gasteiger partial charge on any atom is -0.370 e. The minimum atomic E-state index is -3.72. The molecule has 7 nitrogen and oxygen atoms in total. The van der Waals surface area contributed by atoms with Crippen molar-refractivity contribution in [1.29, 1.82) is 0 Å². The van der Waals surface area contributed by atoms with Crippen molar-refractivity contribution >= 4 is 32.8 Å². The van der Waals surface area contributed by atoms with Crippen LogP contribution in [0.25, 0.3) is 0 Å². The Kier molecular flexibility index (Phi) is 5.17. The number of nitro groups is 1. The van der Waals surface area contributed by atoms with Gasteiger partial charge in [-0.05, 0) is 29.8 Å². The van der Waals surface area contributed by atoms with E-state index in [4.69, 9.17) is 16.3 Å². The van der Waals surface area contributed by atoms with Crippen molar-refractivity contribution in [3.05, 3.63) is 63.2 Å². The van der Waals surface area contributed by atoms with E-state index in [9.17, 15) is 18.5 Å². The Bertz CT molecular complexity index is 931. The number of hydrogen-bond acceptors (Lipinski definition) is 6. The van der Waals surface area contributed by atoms with Crippen LogP contribution in [0, 0.1) is 10.1 Å². The highest BCUT2D eigenvalue weighted by Gasteiger charge is 2.27. The van der Waals surface area contributed by atoms with Gasteiger partial charge in [-0.1, -0.05) is 23.7 Å². The molecule has 1 atom stereocenters. The van der Waals surface area contributed by atoms with Crippen molar-refractivity contribution in [1.82, 2.24) is 0 Å². The number of nitro benzene ring substituents is 1. The standard InChI is InChI=1S/C17H17ClN2O5S/c1-26(23,24)17-10-14(6-7-15(17)20(21)22)19-8-9-25-16(11-19)12-2-4-13(18)5-3-12/h2-7,10,16H,8-9,11H2,1H3. The van der Waals surface area contributed by atoms with Gasteiger partial charge in [0, 0.05) is 36.1 Å². The highest BCUT2D eigenvalue weighted by atomic mass is 35.5. The lowest BCUT2D eigenvalue weighted by atomic mass is 10.1. The maximum atomic E-state index is 12.0. The van der Waals surface area contributed by atoms with Gasteiger partial charge in [0.15, 0.2) is 9.84 Å². The molecule has 0 aromatic heterocycles. The van der Waals surface area contributed by atoms with E-state index in [-0.39, 0.29) is 11.0 Å². The number of sulfone groups is 1. The number of benzene rings is 2. The van der Waals surface area contributed by atoms with Crippen molar-refractivity contribution in [3.63, 3.8) is 0 Å². The van der Waals surface area contributed by atoms with Gasteiger partial charge >= 0.3 is 0 Å². The molecule has 138 valence electrons. The Labute approximate surface area is 156 Å². The highest BCUT2D eigenvalue weighted by Crippen LogP contribution is 2.32. The van der Waals surface area contributed by atoms with Crippen LogP contribution in [0.1, 0.15) is 11.7 Å². The fourth-order valence-corrected chi connectivity index (χ4v) is 3.89. The van der Waals surface area contributed by atoms with Gasteiger partial charge in [-0.2, -0.15) is 0 Å². The number of halogens is 1. The lowest BCUT2D eigenvalue weighted by Gasteiger charge is -2.35. The quantitative estimate of drug-likeness (QED) is 0.582. The first-order valence-electron chi connectivity index (χ1n) is 7.86. The molecule has 1 saturated heterocycles. The summed E-state index contributed by atoms with van der Waals surface area (Å²) in [4.78, 5) is 12.1. The third-order valence-electron chi connectivity index (χ3n) is 4.21. The summed E-state index contributed by atoms with van der Waals surface area (Å²) in [6.07, 6.45) is 0.771. The SMILES string of the molecule is CS(=O)(=O)c1cc(N2CCOC(c3ccc(Cl)cc3)C2)ccc1[N+](=O)[O-]. The summed E-state index contributed by atoms with van der Waals surface area (Å²) in [7, 11) is -3.72. The Hall–Kier alpha value is -2.16. The third-order valence-corrected chi connectivity index (χ3v) is 5.59. The van der Waals surface area contributed by atoms with Crippen LogP contribution in [0.4, 0.5) is 11.4 Å². The summed E-state index contributed by atoms with van der Waals surface area (Å²) >= 11 is 5.91. The van der Waals surface area contributed by atoms with Gasteiger partial charge in [0.05, 0.1) is 11.5 Å². The molecular weight excluding hydrogens is 380 g/mol.